The first-order chi connectivity index (χ1) is 10.0. The summed E-state index contributed by atoms with van der Waals surface area (Å²) in [6.45, 7) is 2.82. The van der Waals surface area contributed by atoms with Crippen LogP contribution in [0.5, 0.6) is 0 Å². The van der Waals surface area contributed by atoms with Gasteiger partial charge in [-0.15, -0.1) is 0 Å². The third-order valence-corrected chi connectivity index (χ3v) is 3.21. The van der Waals surface area contributed by atoms with E-state index in [1.807, 2.05) is 24.3 Å². The minimum atomic E-state index is -0.177. The molecule has 2 amide bonds. The van der Waals surface area contributed by atoms with Crippen molar-refractivity contribution in [2.75, 3.05) is 33.4 Å². The van der Waals surface area contributed by atoms with Crippen molar-refractivity contribution in [1.29, 1.82) is 0 Å². The fourth-order valence-electron chi connectivity index (χ4n) is 1.82. The van der Waals surface area contributed by atoms with Crippen LogP contribution in [0.3, 0.4) is 0 Å². The van der Waals surface area contributed by atoms with Crippen LogP contribution in [0.1, 0.15) is 12.5 Å². The van der Waals surface area contributed by atoms with Crippen LogP contribution in [-0.4, -0.2) is 50.1 Å². The molecule has 0 heterocycles. The Balaban J connectivity index is 2.34. The lowest BCUT2D eigenvalue weighted by atomic mass is 10.1. The standard InChI is InChI=1S/C15H21ClN2O3/c1-12(19)18(8-9-21-2)11-15(20)17-7-6-13-4-3-5-14(16)10-13/h3-5,10H,6-9,11H2,1-2H3,(H,17,20). The molecule has 1 aromatic carbocycles. The lowest BCUT2D eigenvalue weighted by molar-refractivity contribution is -0.134. The second-order valence-corrected chi connectivity index (χ2v) is 5.10. The Hall–Kier alpha value is -1.59. The molecule has 0 radical (unpaired) electrons. The number of nitrogens with one attached hydrogen (secondary N) is 1. The number of hydrogen-bond acceptors (Lipinski definition) is 3. The van der Waals surface area contributed by atoms with E-state index < -0.39 is 0 Å². The fraction of sp³-hybridized carbons (Fsp3) is 0.467. The van der Waals surface area contributed by atoms with Crippen LogP contribution in [0, 0.1) is 0 Å². The van der Waals surface area contributed by atoms with Gasteiger partial charge in [0.1, 0.15) is 0 Å². The number of carbonyl (C=O) groups is 2. The number of halogens is 1. The molecule has 21 heavy (non-hydrogen) atoms. The number of methoxy groups -OCH3 is 1. The fourth-order valence-corrected chi connectivity index (χ4v) is 2.03. The Morgan fingerprint density at radius 1 is 1.38 bits per heavy atom. The number of benzene rings is 1. The topological polar surface area (TPSA) is 58.6 Å². The van der Waals surface area contributed by atoms with Gasteiger partial charge in [-0.3, -0.25) is 9.59 Å². The Bertz CT molecular complexity index is 480. The summed E-state index contributed by atoms with van der Waals surface area (Å²) in [4.78, 5) is 24.7. The van der Waals surface area contributed by atoms with Crippen LogP contribution < -0.4 is 5.32 Å². The molecule has 1 N–H and O–H groups in total. The highest BCUT2D eigenvalue weighted by atomic mass is 35.5. The maximum absolute atomic E-state index is 11.8. The van der Waals surface area contributed by atoms with Gasteiger partial charge < -0.3 is 15.0 Å². The molecule has 0 atom stereocenters. The Labute approximate surface area is 130 Å². The van der Waals surface area contributed by atoms with Crippen molar-refractivity contribution in [3.63, 3.8) is 0 Å². The van der Waals surface area contributed by atoms with Gasteiger partial charge in [-0.05, 0) is 24.1 Å². The second-order valence-electron chi connectivity index (χ2n) is 4.66. The van der Waals surface area contributed by atoms with E-state index >= 15 is 0 Å². The van der Waals surface area contributed by atoms with Gasteiger partial charge >= 0.3 is 0 Å². The second kappa shape index (κ2) is 9.37. The zero-order chi connectivity index (χ0) is 15.7. The molecule has 116 valence electrons. The summed E-state index contributed by atoms with van der Waals surface area (Å²) in [5, 5.41) is 3.48. The largest absolute Gasteiger partial charge is 0.383 e. The van der Waals surface area contributed by atoms with Crippen LogP contribution in [0.15, 0.2) is 24.3 Å². The first-order valence-electron chi connectivity index (χ1n) is 6.78. The lowest BCUT2D eigenvalue weighted by Crippen LogP contribution is -2.41. The Morgan fingerprint density at radius 2 is 2.14 bits per heavy atom. The number of nitrogens with zero attached hydrogens (tertiary/aromatic N) is 1. The number of carbonyl (C=O) groups excluding carboxylic acids is 2. The van der Waals surface area contributed by atoms with Crippen LogP contribution >= 0.6 is 11.6 Å². The van der Waals surface area contributed by atoms with Gasteiger partial charge in [0.15, 0.2) is 0 Å². The quantitative estimate of drug-likeness (QED) is 0.791. The molecule has 1 aromatic rings. The summed E-state index contributed by atoms with van der Waals surface area (Å²) in [5.41, 5.74) is 1.06. The highest BCUT2D eigenvalue weighted by Gasteiger charge is 2.12. The Kier molecular flexibility index (Phi) is 7.79. The third-order valence-electron chi connectivity index (χ3n) is 2.97. The van der Waals surface area contributed by atoms with Gasteiger partial charge in [0.25, 0.3) is 0 Å². The smallest absolute Gasteiger partial charge is 0.239 e. The predicted octanol–water partition coefficient (Wildman–Crippen LogP) is 1.49. The highest BCUT2D eigenvalue weighted by Crippen LogP contribution is 2.10. The average Bonchev–Trinajstić information content (AvgIpc) is 2.43. The summed E-state index contributed by atoms with van der Waals surface area (Å²) >= 11 is 5.90. The zero-order valence-corrected chi connectivity index (χ0v) is 13.2. The summed E-state index contributed by atoms with van der Waals surface area (Å²) in [6, 6.07) is 7.51. The van der Waals surface area contributed by atoms with E-state index in [-0.39, 0.29) is 18.4 Å². The summed E-state index contributed by atoms with van der Waals surface area (Å²) in [7, 11) is 1.56. The molecule has 0 saturated heterocycles. The van der Waals surface area contributed by atoms with Crippen molar-refractivity contribution in [1.82, 2.24) is 10.2 Å². The number of hydrogen-bond donors (Lipinski definition) is 1. The van der Waals surface area contributed by atoms with Gasteiger partial charge in [-0.2, -0.15) is 0 Å². The maximum atomic E-state index is 11.8. The van der Waals surface area contributed by atoms with Crippen LogP contribution in [-0.2, 0) is 20.7 Å². The maximum Gasteiger partial charge on any atom is 0.239 e. The zero-order valence-electron chi connectivity index (χ0n) is 12.4. The van der Waals surface area contributed by atoms with E-state index in [1.165, 1.54) is 11.8 Å². The summed E-state index contributed by atoms with van der Waals surface area (Å²) in [6.07, 6.45) is 0.699. The summed E-state index contributed by atoms with van der Waals surface area (Å²) < 4.78 is 4.92. The SMILES string of the molecule is COCCN(CC(=O)NCCc1cccc(Cl)c1)C(C)=O. The molecule has 5 nitrogen and oxygen atoms in total. The molecule has 0 aliphatic heterocycles. The predicted molar refractivity (Wildman–Crippen MR) is 82.3 cm³/mol. The molecule has 0 unspecified atom stereocenters. The molecule has 1 rings (SSSR count). The molecule has 0 aromatic heterocycles. The molecule has 0 aliphatic carbocycles. The van der Waals surface area contributed by atoms with Crippen molar-refractivity contribution >= 4 is 23.4 Å². The van der Waals surface area contributed by atoms with Crippen molar-refractivity contribution in [2.45, 2.75) is 13.3 Å². The van der Waals surface area contributed by atoms with Gasteiger partial charge in [0.2, 0.25) is 11.8 Å². The normalized spacial score (nSPS) is 10.2. The lowest BCUT2D eigenvalue weighted by Gasteiger charge is -2.20. The van der Waals surface area contributed by atoms with Crippen LogP contribution in [0.25, 0.3) is 0 Å². The minimum absolute atomic E-state index is 0.0498. The first kappa shape index (κ1) is 17.5. The molecule has 0 spiro atoms. The first-order valence-corrected chi connectivity index (χ1v) is 7.16. The summed E-state index contributed by atoms with van der Waals surface area (Å²) in [5.74, 6) is -0.319. The number of ether oxygens (including phenoxy) is 1. The van der Waals surface area contributed by atoms with Gasteiger partial charge in [0.05, 0.1) is 13.2 Å². The average molecular weight is 313 g/mol. The Morgan fingerprint density at radius 3 is 2.76 bits per heavy atom. The van der Waals surface area contributed by atoms with E-state index in [4.69, 9.17) is 16.3 Å². The van der Waals surface area contributed by atoms with Gasteiger partial charge in [-0.1, -0.05) is 23.7 Å². The van der Waals surface area contributed by atoms with E-state index in [2.05, 4.69) is 5.32 Å². The van der Waals surface area contributed by atoms with Crippen molar-refractivity contribution in [2.24, 2.45) is 0 Å². The van der Waals surface area contributed by atoms with Crippen LogP contribution in [0.4, 0.5) is 0 Å². The minimum Gasteiger partial charge on any atom is -0.383 e. The number of amides is 2. The molecular formula is C15H21ClN2O3. The van der Waals surface area contributed by atoms with Gasteiger partial charge in [0, 0.05) is 32.1 Å². The van der Waals surface area contributed by atoms with Crippen LogP contribution in [0.2, 0.25) is 5.02 Å². The molecule has 0 bridgehead atoms. The monoisotopic (exact) mass is 312 g/mol. The van der Waals surface area contributed by atoms with E-state index in [0.717, 1.165) is 5.56 Å². The van der Waals surface area contributed by atoms with E-state index in [0.29, 0.717) is 31.1 Å². The molecule has 0 aliphatic rings. The van der Waals surface area contributed by atoms with E-state index in [9.17, 15) is 9.59 Å². The molecule has 6 heteroatoms. The van der Waals surface area contributed by atoms with Gasteiger partial charge in [-0.25, -0.2) is 0 Å². The van der Waals surface area contributed by atoms with Crippen molar-refractivity contribution < 1.29 is 14.3 Å². The third kappa shape index (κ3) is 7.11. The molecule has 0 saturated carbocycles. The number of rotatable bonds is 8. The molecular weight excluding hydrogens is 292 g/mol. The highest BCUT2D eigenvalue weighted by molar-refractivity contribution is 6.30. The molecule has 0 fully saturated rings. The van der Waals surface area contributed by atoms with E-state index in [1.54, 1.807) is 7.11 Å². The van der Waals surface area contributed by atoms with Crippen molar-refractivity contribution in [3.8, 4) is 0 Å². The van der Waals surface area contributed by atoms with Crippen molar-refractivity contribution in [3.05, 3.63) is 34.9 Å².